The fraction of sp³-hybridized carbons (Fsp3) is 0.333. The maximum absolute atomic E-state index is 12.9. The van der Waals surface area contributed by atoms with Gasteiger partial charge in [0.15, 0.2) is 5.58 Å². The van der Waals surface area contributed by atoms with Gasteiger partial charge in [-0.05, 0) is 25.5 Å². The van der Waals surface area contributed by atoms with E-state index in [1.165, 1.54) is 4.68 Å². The molecule has 0 atom stereocenters. The van der Waals surface area contributed by atoms with Gasteiger partial charge in [0.25, 0.3) is 5.56 Å². The summed E-state index contributed by atoms with van der Waals surface area (Å²) in [4.78, 5) is 29.1. The zero-order chi connectivity index (χ0) is 20.4. The lowest BCUT2D eigenvalue weighted by Gasteiger charge is -2.10. The van der Waals surface area contributed by atoms with Crippen molar-refractivity contribution in [2.45, 2.75) is 46.2 Å². The Labute approximate surface area is 167 Å². The van der Waals surface area contributed by atoms with Crippen molar-refractivity contribution in [2.24, 2.45) is 0 Å². The zero-order valence-electron chi connectivity index (χ0n) is 16.5. The third kappa shape index (κ3) is 3.78. The summed E-state index contributed by atoms with van der Waals surface area (Å²) in [7, 11) is 0. The number of fused-ring (bicyclic) bond motifs is 3. The molecule has 0 bridgehead atoms. The van der Waals surface area contributed by atoms with Crippen LogP contribution in [0.15, 0.2) is 45.7 Å². The molecule has 0 fully saturated rings. The zero-order valence-corrected chi connectivity index (χ0v) is 16.5. The highest BCUT2D eigenvalue weighted by Crippen LogP contribution is 2.23. The van der Waals surface area contributed by atoms with E-state index in [4.69, 9.17) is 4.42 Å². The summed E-state index contributed by atoms with van der Waals surface area (Å²) >= 11 is 0. The molecule has 0 aliphatic rings. The first-order chi connectivity index (χ1) is 14.1. The molecule has 8 heteroatoms. The molecule has 0 aromatic carbocycles. The highest BCUT2D eigenvalue weighted by Gasteiger charge is 2.16. The Bertz CT molecular complexity index is 1220. The molecule has 1 amide bonds. The lowest BCUT2D eigenvalue weighted by atomic mass is 10.3. The number of nitrogens with one attached hydrogen (secondary N) is 1. The van der Waals surface area contributed by atoms with Crippen LogP contribution < -0.4 is 10.9 Å². The van der Waals surface area contributed by atoms with Crippen LogP contribution in [0.4, 0.5) is 0 Å². The maximum atomic E-state index is 12.9. The van der Waals surface area contributed by atoms with E-state index in [9.17, 15) is 9.59 Å². The second kappa shape index (κ2) is 7.90. The summed E-state index contributed by atoms with van der Waals surface area (Å²) in [6, 6.07) is 9.26. The van der Waals surface area contributed by atoms with Gasteiger partial charge >= 0.3 is 0 Å². The number of hydrogen-bond acceptors (Lipinski definition) is 5. The molecular weight excluding hydrogens is 370 g/mol. The van der Waals surface area contributed by atoms with Gasteiger partial charge < -0.3 is 9.73 Å². The van der Waals surface area contributed by atoms with Gasteiger partial charge in [0.2, 0.25) is 5.91 Å². The topological polar surface area (TPSA) is 94.4 Å². The second-order valence-corrected chi connectivity index (χ2v) is 6.97. The predicted octanol–water partition coefficient (Wildman–Crippen LogP) is 2.60. The van der Waals surface area contributed by atoms with Gasteiger partial charge in [-0.2, -0.15) is 5.10 Å². The summed E-state index contributed by atoms with van der Waals surface area (Å²) in [5.74, 6) is 1.51. The molecule has 0 aliphatic carbocycles. The minimum Gasteiger partial charge on any atom is -0.460 e. The van der Waals surface area contributed by atoms with Gasteiger partial charge in [-0.25, -0.2) is 4.68 Å². The third-order valence-electron chi connectivity index (χ3n) is 4.84. The summed E-state index contributed by atoms with van der Waals surface area (Å²) < 4.78 is 8.98. The smallest absolute Gasteiger partial charge is 0.291 e. The third-order valence-corrected chi connectivity index (χ3v) is 4.84. The number of pyridine rings is 1. The van der Waals surface area contributed by atoms with E-state index in [-0.39, 0.29) is 11.5 Å². The van der Waals surface area contributed by atoms with Gasteiger partial charge in [-0.1, -0.05) is 13.0 Å². The van der Waals surface area contributed by atoms with E-state index < -0.39 is 0 Å². The SMILES string of the molecule is CCc1nn(CCCC(=O)NCc2ccccn2)c(=O)c2cc3oc(C)cc3n12. The van der Waals surface area contributed by atoms with E-state index in [2.05, 4.69) is 15.4 Å². The molecule has 0 spiro atoms. The number of aromatic nitrogens is 4. The molecule has 0 saturated heterocycles. The number of carbonyl (C=O) groups is 1. The molecule has 29 heavy (non-hydrogen) atoms. The fourth-order valence-electron chi connectivity index (χ4n) is 3.46. The normalized spacial score (nSPS) is 11.4. The second-order valence-electron chi connectivity index (χ2n) is 6.97. The molecule has 0 unspecified atom stereocenters. The van der Waals surface area contributed by atoms with Crippen LogP contribution in [0.2, 0.25) is 0 Å². The lowest BCUT2D eigenvalue weighted by Crippen LogP contribution is -2.28. The molecule has 4 heterocycles. The summed E-state index contributed by atoms with van der Waals surface area (Å²) in [5, 5.41) is 7.37. The van der Waals surface area contributed by atoms with Crippen molar-refractivity contribution in [3.63, 3.8) is 0 Å². The summed E-state index contributed by atoms with van der Waals surface area (Å²) in [5.41, 5.74) is 2.72. The quantitative estimate of drug-likeness (QED) is 0.521. The van der Waals surface area contributed by atoms with E-state index in [0.29, 0.717) is 43.5 Å². The number of aryl methyl sites for hydroxylation is 3. The van der Waals surface area contributed by atoms with Crippen molar-refractivity contribution in [3.05, 3.63) is 64.2 Å². The number of hydrogen-bond donors (Lipinski definition) is 1. The Balaban J connectivity index is 1.46. The molecule has 150 valence electrons. The average molecular weight is 393 g/mol. The summed E-state index contributed by atoms with van der Waals surface area (Å²) in [6.07, 6.45) is 3.21. The molecule has 0 radical (unpaired) electrons. The van der Waals surface area contributed by atoms with Gasteiger partial charge in [-0.3, -0.25) is 19.0 Å². The van der Waals surface area contributed by atoms with Crippen LogP contribution in [0.1, 0.15) is 37.0 Å². The summed E-state index contributed by atoms with van der Waals surface area (Å²) in [6.45, 7) is 4.66. The Kier molecular flexibility index (Phi) is 5.16. The first kappa shape index (κ1) is 18.9. The highest BCUT2D eigenvalue weighted by atomic mass is 16.3. The van der Waals surface area contributed by atoms with Crippen LogP contribution in [0.3, 0.4) is 0 Å². The molecule has 0 aliphatic heterocycles. The van der Waals surface area contributed by atoms with Gasteiger partial charge in [0.05, 0.1) is 17.8 Å². The average Bonchev–Trinajstić information content (AvgIpc) is 3.25. The van der Waals surface area contributed by atoms with Crippen molar-refractivity contribution in [1.82, 2.24) is 24.5 Å². The van der Waals surface area contributed by atoms with Gasteiger partial charge in [0, 0.05) is 37.7 Å². The predicted molar refractivity (Wildman–Crippen MR) is 109 cm³/mol. The molecular formula is C21H23N5O3. The molecule has 4 aromatic heterocycles. The van der Waals surface area contributed by atoms with Crippen LogP contribution in [-0.2, 0) is 24.3 Å². The van der Waals surface area contributed by atoms with E-state index in [0.717, 1.165) is 22.8 Å². The minimum atomic E-state index is -0.180. The number of nitrogens with zero attached hydrogens (tertiary/aromatic N) is 4. The Hall–Kier alpha value is -3.42. The molecule has 8 nitrogen and oxygen atoms in total. The maximum Gasteiger partial charge on any atom is 0.291 e. The Morgan fingerprint density at radius 3 is 2.86 bits per heavy atom. The van der Waals surface area contributed by atoms with Crippen molar-refractivity contribution in [2.75, 3.05) is 0 Å². The van der Waals surface area contributed by atoms with E-state index in [1.807, 2.05) is 42.5 Å². The number of rotatable bonds is 7. The van der Waals surface area contributed by atoms with Crippen molar-refractivity contribution in [1.29, 1.82) is 0 Å². The van der Waals surface area contributed by atoms with Crippen LogP contribution in [-0.4, -0.2) is 25.1 Å². The van der Waals surface area contributed by atoms with Crippen molar-refractivity contribution >= 4 is 22.5 Å². The fourth-order valence-corrected chi connectivity index (χ4v) is 3.46. The first-order valence-corrected chi connectivity index (χ1v) is 9.75. The number of amides is 1. The van der Waals surface area contributed by atoms with Crippen LogP contribution in [0.5, 0.6) is 0 Å². The molecule has 0 saturated carbocycles. The molecule has 4 aromatic rings. The van der Waals surface area contributed by atoms with E-state index in [1.54, 1.807) is 12.3 Å². The minimum absolute atomic E-state index is 0.0730. The van der Waals surface area contributed by atoms with Crippen LogP contribution >= 0.6 is 0 Å². The van der Waals surface area contributed by atoms with Gasteiger partial charge in [-0.15, -0.1) is 0 Å². The molecule has 4 rings (SSSR count). The highest BCUT2D eigenvalue weighted by molar-refractivity contribution is 5.83. The number of carbonyl (C=O) groups excluding carboxylic acids is 1. The Morgan fingerprint density at radius 2 is 2.10 bits per heavy atom. The first-order valence-electron chi connectivity index (χ1n) is 9.75. The van der Waals surface area contributed by atoms with E-state index >= 15 is 0 Å². The van der Waals surface area contributed by atoms with Crippen LogP contribution in [0, 0.1) is 6.92 Å². The lowest BCUT2D eigenvalue weighted by molar-refractivity contribution is -0.121. The number of furan rings is 1. The van der Waals surface area contributed by atoms with Crippen molar-refractivity contribution < 1.29 is 9.21 Å². The van der Waals surface area contributed by atoms with Gasteiger partial charge in [0.1, 0.15) is 17.1 Å². The molecule has 1 N–H and O–H groups in total. The van der Waals surface area contributed by atoms with Crippen LogP contribution in [0.25, 0.3) is 16.6 Å². The Morgan fingerprint density at radius 1 is 1.24 bits per heavy atom. The van der Waals surface area contributed by atoms with Crippen molar-refractivity contribution in [3.8, 4) is 0 Å². The monoisotopic (exact) mass is 393 g/mol. The standard InChI is InChI=1S/C21H23N5O3/c1-3-19-24-25(10-6-8-20(27)23-13-15-7-4-5-9-22-15)21(28)17-12-18-16(26(17)19)11-14(2)29-18/h4-5,7,9,11-12H,3,6,8,10,13H2,1-2H3,(H,23,27). The largest absolute Gasteiger partial charge is 0.460 e.